The summed E-state index contributed by atoms with van der Waals surface area (Å²) in [6.45, 7) is 5.98. The van der Waals surface area contributed by atoms with Gasteiger partial charge in [-0.25, -0.2) is 18.4 Å². The molecule has 0 aliphatic carbocycles. The fraction of sp³-hybridized carbons (Fsp3) is 0.222. The van der Waals surface area contributed by atoms with Crippen LogP contribution in [0.1, 0.15) is 39.9 Å². The van der Waals surface area contributed by atoms with Crippen LogP contribution >= 0.6 is 11.6 Å². The van der Waals surface area contributed by atoms with Gasteiger partial charge in [-0.05, 0) is 55.3 Å². The van der Waals surface area contributed by atoms with Gasteiger partial charge in [-0.15, -0.1) is 0 Å². The number of halogens is 1. The fourth-order valence-electron chi connectivity index (χ4n) is 3.84. The number of aryl methyl sites for hydroxylation is 2. The highest BCUT2D eigenvalue weighted by molar-refractivity contribution is 7.91. The number of carbonyl (C=O) groups excluding carboxylic acids is 1. The second-order valence-corrected chi connectivity index (χ2v) is 11.2. The van der Waals surface area contributed by atoms with E-state index in [0.29, 0.717) is 28.7 Å². The minimum absolute atomic E-state index is 0.0596. The molecule has 1 N–H and O–H groups in total. The van der Waals surface area contributed by atoms with E-state index in [1.54, 1.807) is 24.5 Å². The van der Waals surface area contributed by atoms with Gasteiger partial charge in [-0.1, -0.05) is 48.4 Å². The smallest absolute Gasteiger partial charge is 0.276 e. The number of hydrogen-bond donors (Lipinski definition) is 1. The summed E-state index contributed by atoms with van der Waals surface area (Å²) in [6.07, 6.45) is 2.94. The number of hydrogen-bond acceptors (Lipinski definition) is 7. The molecule has 0 unspecified atom stereocenters. The first-order valence-electron chi connectivity index (χ1n) is 11.7. The van der Waals surface area contributed by atoms with Crippen molar-refractivity contribution in [2.45, 2.75) is 39.0 Å². The predicted molar refractivity (Wildman–Crippen MR) is 144 cm³/mol. The standard InChI is InChI=1S/C27H27ClN4O4S/c1-4-37(34,35)27-29-15-24(25(31-27)26(33)30-23-11-10-18(2)13-19(23)3)32(17-22-9-6-12-36-22)16-20-7-5-8-21(28)14-20/h5-15H,4,16-17H2,1-3H3,(H,30,33). The van der Waals surface area contributed by atoms with Crippen molar-refractivity contribution in [1.82, 2.24) is 9.97 Å². The lowest BCUT2D eigenvalue weighted by Gasteiger charge is -2.26. The van der Waals surface area contributed by atoms with Gasteiger partial charge in [0.25, 0.3) is 5.91 Å². The molecule has 4 aromatic rings. The van der Waals surface area contributed by atoms with Crippen molar-refractivity contribution < 1.29 is 17.6 Å². The molecule has 10 heteroatoms. The van der Waals surface area contributed by atoms with Crippen LogP contribution in [0.4, 0.5) is 11.4 Å². The van der Waals surface area contributed by atoms with E-state index in [1.807, 2.05) is 55.1 Å². The van der Waals surface area contributed by atoms with E-state index in [2.05, 4.69) is 15.3 Å². The van der Waals surface area contributed by atoms with Gasteiger partial charge in [-0.2, -0.15) is 0 Å². The Kier molecular flexibility index (Phi) is 7.94. The van der Waals surface area contributed by atoms with Crippen molar-refractivity contribution in [2.75, 3.05) is 16.0 Å². The maximum Gasteiger partial charge on any atom is 0.276 e. The Labute approximate surface area is 221 Å². The molecule has 0 saturated carbocycles. The van der Waals surface area contributed by atoms with Gasteiger partial charge >= 0.3 is 0 Å². The number of nitrogens with zero attached hydrogens (tertiary/aromatic N) is 3. The number of sulfone groups is 1. The van der Waals surface area contributed by atoms with Crippen molar-refractivity contribution in [3.63, 3.8) is 0 Å². The number of nitrogens with one attached hydrogen (secondary N) is 1. The maximum atomic E-state index is 13.6. The Morgan fingerprint density at radius 3 is 2.57 bits per heavy atom. The molecular formula is C27H27ClN4O4S. The number of aromatic nitrogens is 2. The third kappa shape index (κ3) is 6.36. The quantitative estimate of drug-likeness (QED) is 0.277. The molecule has 0 aliphatic rings. The van der Waals surface area contributed by atoms with Crippen LogP contribution in [0.5, 0.6) is 0 Å². The molecule has 0 bridgehead atoms. The van der Waals surface area contributed by atoms with Gasteiger partial charge in [0.15, 0.2) is 5.69 Å². The largest absolute Gasteiger partial charge is 0.467 e. The van der Waals surface area contributed by atoms with Crippen LogP contribution in [0.3, 0.4) is 0 Å². The van der Waals surface area contributed by atoms with Crippen LogP contribution in [-0.4, -0.2) is 30.0 Å². The van der Waals surface area contributed by atoms with Gasteiger partial charge < -0.3 is 14.6 Å². The van der Waals surface area contributed by atoms with Gasteiger partial charge in [0, 0.05) is 17.3 Å². The van der Waals surface area contributed by atoms with Crippen LogP contribution in [0.25, 0.3) is 0 Å². The number of benzene rings is 2. The van der Waals surface area contributed by atoms with Crippen LogP contribution in [0.2, 0.25) is 5.02 Å². The Bertz CT molecular complexity index is 1520. The van der Waals surface area contributed by atoms with Gasteiger partial charge in [0.2, 0.25) is 15.0 Å². The van der Waals surface area contributed by atoms with Crippen LogP contribution in [-0.2, 0) is 22.9 Å². The molecule has 0 spiro atoms. The Morgan fingerprint density at radius 1 is 1.08 bits per heavy atom. The summed E-state index contributed by atoms with van der Waals surface area (Å²) in [6, 6.07) is 16.6. The molecule has 0 fully saturated rings. The summed E-state index contributed by atoms with van der Waals surface area (Å²) in [4.78, 5) is 23.8. The average Bonchev–Trinajstić information content (AvgIpc) is 3.38. The minimum Gasteiger partial charge on any atom is -0.467 e. The summed E-state index contributed by atoms with van der Waals surface area (Å²) in [5.41, 5.74) is 3.71. The zero-order valence-electron chi connectivity index (χ0n) is 20.7. The van der Waals surface area contributed by atoms with Crippen molar-refractivity contribution in [3.8, 4) is 0 Å². The van der Waals surface area contributed by atoms with E-state index in [1.165, 1.54) is 13.1 Å². The summed E-state index contributed by atoms with van der Waals surface area (Å²) in [5.74, 6) is -0.0937. The highest BCUT2D eigenvalue weighted by atomic mass is 35.5. The summed E-state index contributed by atoms with van der Waals surface area (Å²) in [7, 11) is -3.75. The van der Waals surface area contributed by atoms with E-state index >= 15 is 0 Å². The molecule has 2 aromatic heterocycles. The Balaban J connectivity index is 1.81. The summed E-state index contributed by atoms with van der Waals surface area (Å²) >= 11 is 6.21. The lowest BCUT2D eigenvalue weighted by Crippen LogP contribution is -2.28. The van der Waals surface area contributed by atoms with Gasteiger partial charge in [0.05, 0.1) is 30.4 Å². The molecule has 2 aromatic carbocycles. The lowest BCUT2D eigenvalue weighted by atomic mass is 10.1. The van der Waals surface area contributed by atoms with Gasteiger partial charge in [0.1, 0.15) is 5.76 Å². The van der Waals surface area contributed by atoms with E-state index in [9.17, 15) is 13.2 Å². The molecule has 4 rings (SSSR count). The molecule has 1 amide bonds. The average molecular weight is 539 g/mol. The molecule has 0 saturated heterocycles. The normalized spacial score (nSPS) is 11.4. The monoisotopic (exact) mass is 538 g/mol. The molecule has 37 heavy (non-hydrogen) atoms. The molecule has 0 radical (unpaired) electrons. The SMILES string of the molecule is CCS(=O)(=O)c1ncc(N(Cc2cccc(Cl)c2)Cc2ccco2)c(C(=O)Nc2ccc(C)cc2C)n1. The van der Waals surface area contributed by atoms with Crippen molar-refractivity contribution in [3.05, 3.63) is 100 Å². The van der Waals surface area contributed by atoms with Crippen molar-refractivity contribution >= 4 is 38.7 Å². The number of amides is 1. The van der Waals surface area contributed by atoms with E-state index in [0.717, 1.165) is 16.7 Å². The topological polar surface area (TPSA) is 105 Å². The number of furan rings is 1. The summed E-state index contributed by atoms with van der Waals surface area (Å²) < 4.78 is 30.7. The molecule has 0 atom stereocenters. The molecule has 2 heterocycles. The maximum absolute atomic E-state index is 13.6. The van der Waals surface area contributed by atoms with E-state index in [4.69, 9.17) is 16.0 Å². The second-order valence-electron chi connectivity index (χ2n) is 8.63. The second kappa shape index (κ2) is 11.1. The lowest BCUT2D eigenvalue weighted by molar-refractivity contribution is 0.102. The predicted octanol–water partition coefficient (Wildman–Crippen LogP) is 5.59. The minimum atomic E-state index is -3.75. The zero-order valence-corrected chi connectivity index (χ0v) is 22.3. The third-order valence-corrected chi connectivity index (χ3v) is 7.53. The first-order valence-corrected chi connectivity index (χ1v) is 13.7. The first-order chi connectivity index (χ1) is 17.7. The Morgan fingerprint density at radius 2 is 1.89 bits per heavy atom. The summed E-state index contributed by atoms with van der Waals surface area (Å²) in [5, 5.41) is 3.06. The van der Waals surface area contributed by atoms with Gasteiger partial charge in [-0.3, -0.25) is 4.79 Å². The molecular weight excluding hydrogens is 512 g/mol. The molecule has 0 aliphatic heterocycles. The van der Waals surface area contributed by atoms with Crippen LogP contribution in [0, 0.1) is 13.8 Å². The highest BCUT2D eigenvalue weighted by Gasteiger charge is 2.25. The number of anilines is 2. The molecule has 192 valence electrons. The highest BCUT2D eigenvalue weighted by Crippen LogP contribution is 2.27. The van der Waals surface area contributed by atoms with Crippen molar-refractivity contribution in [2.24, 2.45) is 0 Å². The van der Waals surface area contributed by atoms with Crippen LogP contribution in [0.15, 0.2) is 76.6 Å². The van der Waals surface area contributed by atoms with Crippen LogP contribution < -0.4 is 10.2 Å². The van der Waals surface area contributed by atoms with E-state index < -0.39 is 20.9 Å². The zero-order chi connectivity index (χ0) is 26.6. The first kappa shape index (κ1) is 26.4. The number of rotatable bonds is 9. The fourth-order valence-corrected chi connectivity index (χ4v) is 4.76. The van der Waals surface area contributed by atoms with E-state index in [-0.39, 0.29) is 18.0 Å². The third-order valence-electron chi connectivity index (χ3n) is 5.78. The van der Waals surface area contributed by atoms with Crippen molar-refractivity contribution in [1.29, 1.82) is 0 Å². The Hall–Kier alpha value is -3.69. The number of carbonyl (C=O) groups is 1. The molecule has 8 nitrogen and oxygen atoms in total.